The highest BCUT2D eigenvalue weighted by Crippen LogP contribution is 2.31. The van der Waals surface area contributed by atoms with E-state index in [2.05, 4.69) is 10.2 Å². The Labute approximate surface area is 122 Å². The fourth-order valence-electron chi connectivity index (χ4n) is 1.32. The van der Waals surface area contributed by atoms with E-state index in [9.17, 15) is 10.1 Å². The molecular formula is C10H10N4O2S3. The van der Waals surface area contributed by atoms with Crippen molar-refractivity contribution in [3.05, 3.63) is 33.9 Å². The van der Waals surface area contributed by atoms with Gasteiger partial charge in [-0.05, 0) is 17.9 Å². The third-order valence-corrected chi connectivity index (χ3v) is 5.32. The van der Waals surface area contributed by atoms with Crippen molar-refractivity contribution < 1.29 is 4.92 Å². The summed E-state index contributed by atoms with van der Waals surface area (Å²) in [6.45, 7) is 0. The number of hydrogen-bond donors (Lipinski definition) is 1. The van der Waals surface area contributed by atoms with Crippen molar-refractivity contribution in [2.75, 3.05) is 12.0 Å². The number of hydrogen-bond acceptors (Lipinski definition) is 8. The first kappa shape index (κ1) is 14.1. The average Bonchev–Trinajstić information content (AvgIpc) is 2.85. The normalized spacial score (nSPS) is 10.6. The molecule has 0 aliphatic carbocycles. The highest BCUT2D eigenvalue weighted by molar-refractivity contribution is 8.02. The van der Waals surface area contributed by atoms with Crippen LogP contribution in [0.2, 0.25) is 0 Å². The van der Waals surface area contributed by atoms with Gasteiger partial charge in [-0.3, -0.25) is 10.1 Å². The molecule has 0 aliphatic rings. The summed E-state index contributed by atoms with van der Waals surface area (Å²) in [7, 11) is 0. The number of anilines is 1. The van der Waals surface area contributed by atoms with E-state index in [1.807, 2.05) is 6.26 Å². The minimum atomic E-state index is -0.472. The van der Waals surface area contributed by atoms with Gasteiger partial charge >= 0.3 is 0 Å². The van der Waals surface area contributed by atoms with E-state index >= 15 is 0 Å². The van der Waals surface area contributed by atoms with Gasteiger partial charge < -0.3 is 5.73 Å². The Morgan fingerprint density at radius 2 is 2.16 bits per heavy atom. The summed E-state index contributed by atoms with van der Waals surface area (Å²) >= 11 is 4.56. The molecule has 2 aromatic rings. The van der Waals surface area contributed by atoms with E-state index in [4.69, 9.17) is 5.73 Å². The predicted octanol–water partition coefficient (Wildman–Crippen LogP) is 3.04. The highest BCUT2D eigenvalue weighted by Gasteiger charge is 2.12. The lowest BCUT2D eigenvalue weighted by Gasteiger charge is -2.01. The lowest BCUT2D eigenvalue weighted by molar-refractivity contribution is -0.383. The van der Waals surface area contributed by atoms with Crippen LogP contribution in [0, 0.1) is 10.1 Å². The zero-order chi connectivity index (χ0) is 13.8. The summed E-state index contributed by atoms with van der Waals surface area (Å²) in [5, 5.41) is 18.8. The van der Waals surface area contributed by atoms with Gasteiger partial charge in [0.2, 0.25) is 0 Å². The molecule has 9 heteroatoms. The summed E-state index contributed by atoms with van der Waals surface area (Å²) in [6.07, 6.45) is 1.94. The first-order chi connectivity index (χ1) is 9.10. The third kappa shape index (κ3) is 3.58. The zero-order valence-electron chi connectivity index (χ0n) is 9.90. The topological polar surface area (TPSA) is 94.9 Å². The van der Waals surface area contributed by atoms with Crippen LogP contribution in [0.15, 0.2) is 26.9 Å². The molecule has 19 heavy (non-hydrogen) atoms. The van der Waals surface area contributed by atoms with Crippen LogP contribution in [-0.2, 0) is 5.75 Å². The van der Waals surface area contributed by atoms with Crippen molar-refractivity contribution in [1.82, 2.24) is 10.2 Å². The molecule has 1 heterocycles. The van der Waals surface area contributed by atoms with Crippen LogP contribution in [0.4, 0.5) is 11.4 Å². The highest BCUT2D eigenvalue weighted by atomic mass is 32.2. The lowest BCUT2D eigenvalue weighted by Crippen LogP contribution is -1.96. The summed E-state index contributed by atoms with van der Waals surface area (Å²) < 4.78 is 1.76. The maximum atomic E-state index is 10.8. The smallest absolute Gasteiger partial charge is 0.292 e. The molecule has 0 aliphatic heterocycles. The van der Waals surface area contributed by atoms with Crippen molar-refractivity contribution in [3.8, 4) is 0 Å². The number of nitrogen functional groups attached to an aromatic ring is 1. The number of thioether (sulfide) groups is 2. The van der Waals surface area contributed by atoms with E-state index in [-0.39, 0.29) is 11.4 Å². The fourth-order valence-corrected chi connectivity index (χ4v) is 3.70. The minimum Gasteiger partial charge on any atom is -0.393 e. The Morgan fingerprint density at radius 1 is 1.42 bits per heavy atom. The molecule has 0 radical (unpaired) electrons. The number of nitrogens with zero attached hydrogens (tertiary/aromatic N) is 3. The van der Waals surface area contributed by atoms with Crippen molar-refractivity contribution >= 4 is 46.2 Å². The van der Waals surface area contributed by atoms with Crippen LogP contribution in [0.25, 0.3) is 0 Å². The van der Waals surface area contributed by atoms with Crippen LogP contribution >= 0.6 is 34.9 Å². The van der Waals surface area contributed by atoms with Crippen LogP contribution in [0.5, 0.6) is 0 Å². The predicted molar refractivity (Wildman–Crippen MR) is 78.8 cm³/mol. The molecule has 1 aromatic carbocycles. The van der Waals surface area contributed by atoms with E-state index < -0.39 is 4.92 Å². The molecule has 1 aromatic heterocycles. The first-order valence-electron chi connectivity index (χ1n) is 5.13. The Balaban J connectivity index is 2.07. The van der Waals surface area contributed by atoms with Gasteiger partial charge in [-0.15, -0.1) is 10.2 Å². The Hall–Kier alpha value is -1.32. The van der Waals surface area contributed by atoms with Gasteiger partial charge in [0.05, 0.1) is 4.92 Å². The van der Waals surface area contributed by atoms with Crippen molar-refractivity contribution in [1.29, 1.82) is 0 Å². The Morgan fingerprint density at radius 3 is 2.79 bits per heavy atom. The second kappa shape index (κ2) is 6.22. The molecule has 0 amide bonds. The maximum Gasteiger partial charge on any atom is 0.292 e. The summed E-state index contributed by atoms with van der Waals surface area (Å²) in [5.41, 5.74) is 6.51. The Kier molecular flexibility index (Phi) is 4.61. The van der Waals surface area contributed by atoms with Gasteiger partial charge in [-0.2, -0.15) is 0 Å². The molecule has 0 saturated heterocycles. The molecular weight excluding hydrogens is 304 g/mol. The SMILES string of the molecule is CSc1nnc(SCc2ccc(N)c([N+](=O)[O-])c2)s1. The van der Waals surface area contributed by atoms with E-state index in [0.29, 0.717) is 5.75 Å². The molecule has 0 fully saturated rings. The standard InChI is InChI=1S/C10H10N4O2S3/c1-17-9-12-13-10(19-9)18-5-6-2-3-7(11)8(4-6)14(15)16/h2-4H,5,11H2,1H3. The number of nitro benzene ring substituents is 1. The van der Waals surface area contributed by atoms with Gasteiger partial charge in [0.1, 0.15) is 5.69 Å². The molecule has 6 nitrogen and oxygen atoms in total. The molecule has 0 unspecified atom stereocenters. The van der Waals surface area contributed by atoms with Crippen LogP contribution in [0.3, 0.4) is 0 Å². The van der Waals surface area contributed by atoms with Crippen LogP contribution in [-0.4, -0.2) is 21.4 Å². The lowest BCUT2D eigenvalue weighted by atomic mass is 10.2. The monoisotopic (exact) mass is 314 g/mol. The second-order valence-corrected chi connectivity index (χ2v) is 6.73. The van der Waals surface area contributed by atoms with Crippen molar-refractivity contribution in [3.63, 3.8) is 0 Å². The molecule has 100 valence electrons. The molecule has 0 saturated carbocycles. The molecule has 0 bridgehead atoms. The third-order valence-electron chi connectivity index (χ3n) is 2.22. The number of nitrogens with two attached hydrogens (primary N) is 1. The van der Waals surface area contributed by atoms with Crippen LogP contribution < -0.4 is 5.73 Å². The number of benzene rings is 1. The quantitative estimate of drug-likeness (QED) is 0.392. The first-order valence-corrected chi connectivity index (χ1v) is 8.16. The van der Waals surface area contributed by atoms with E-state index in [0.717, 1.165) is 14.2 Å². The fraction of sp³-hybridized carbons (Fsp3) is 0.200. The Bertz CT molecular complexity index is 602. The zero-order valence-corrected chi connectivity index (χ0v) is 12.3. The maximum absolute atomic E-state index is 10.8. The molecule has 0 spiro atoms. The minimum absolute atomic E-state index is 0.0554. The van der Waals surface area contributed by atoms with Gasteiger partial charge in [-0.1, -0.05) is 40.9 Å². The van der Waals surface area contributed by atoms with Gasteiger partial charge in [0.25, 0.3) is 5.69 Å². The van der Waals surface area contributed by atoms with Crippen LogP contribution in [0.1, 0.15) is 5.56 Å². The number of rotatable bonds is 5. The summed E-state index contributed by atoms with van der Waals surface area (Å²) in [6, 6.07) is 4.84. The summed E-state index contributed by atoms with van der Waals surface area (Å²) in [4.78, 5) is 10.3. The van der Waals surface area contributed by atoms with E-state index in [1.54, 1.807) is 23.9 Å². The van der Waals surface area contributed by atoms with E-state index in [1.165, 1.54) is 29.2 Å². The number of aromatic nitrogens is 2. The molecule has 2 N–H and O–H groups in total. The molecule has 2 rings (SSSR count). The average molecular weight is 314 g/mol. The van der Waals surface area contributed by atoms with Crippen molar-refractivity contribution in [2.45, 2.75) is 14.4 Å². The second-order valence-electron chi connectivity index (χ2n) is 3.48. The largest absolute Gasteiger partial charge is 0.393 e. The molecule has 0 atom stereocenters. The van der Waals surface area contributed by atoms with Gasteiger partial charge in [-0.25, -0.2) is 0 Å². The summed E-state index contributed by atoms with van der Waals surface area (Å²) in [5.74, 6) is 0.601. The van der Waals surface area contributed by atoms with Crippen molar-refractivity contribution in [2.24, 2.45) is 0 Å². The van der Waals surface area contributed by atoms with Gasteiger partial charge in [0, 0.05) is 11.8 Å². The number of nitro groups is 1. The van der Waals surface area contributed by atoms with Gasteiger partial charge in [0.15, 0.2) is 8.68 Å².